The molecule has 27 heavy (non-hydrogen) atoms. The Morgan fingerprint density at radius 3 is 2.78 bits per heavy atom. The van der Waals surface area contributed by atoms with Crippen molar-refractivity contribution in [2.24, 2.45) is 0 Å². The third kappa shape index (κ3) is 3.97. The molecule has 0 saturated carbocycles. The van der Waals surface area contributed by atoms with Crippen molar-refractivity contribution in [1.82, 2.24) is 20.2 Å². The van der Waals surface area contributed by atoms with Crippen LogP contribution in [0.4, 0.5) is 9.52 Å². The molecule has 0 atom stereocenters. The van der Waals surface area contributed by atoms with Gasteiger partial charge in [-0.3, -0.25) is 10.1 Å². The number of hydrogen-bond acceptors (Lipinski definition) is 8. The lowest BCUT2D eigenvalue weighted by Crippen LogP contribution is -2.14. The van der Waals surface area contributed by atoms with E-state index in [4.69, 9.17) is 0 Å². The Kier molecular flexibility index (Phi) is 5.10. The number of carbonyl (C=O) groups excluding carboxylic acids is 1. The molecule has 0 unspecified atom stereocenters. The molecule has 1 amide bonds. The van der Waals surface area contributed by atoms with Crippen LogP contribution >= 0.6 is 34.4 Å². The standard InChI is InChI=1S/C17H12FN5OS3/c1-9-22-23-17(27-9)21-13(24)7-26-16-14-12(6-25-15(14)19-8-20-16)10-2-4-11(18)5-3-10/h2-6,8H,7H2,1H3,(H,21,23,24). The fraction of sp³-hybridized carbons (Fsp3) is 0.118. The number of anilines is 1. The van der Waals surface area contributed by atoms with E-state index in [1.54, 1.807) is 12.1 Å². The first-order chi connectivity index (χ1) is 13.1. The lowest BCUT2D eigenvalue weighted by atomic mass is 10.1. The van der Waals surface area contributed by atoms with E-state index < -0.39 is 0 Å². The number of aryl methyl sites for hydroxylation is 1. The van der Waals surface area contributed by atoms with Gasteiger partial charge in [0.2, 0.25) is 11.0 Å². The van der Waals surface area contributed by atoms with E-state index in [0.717, 1.165) is 26.4 Å². The molecule has 0 aliphatic carbocycles. The molecule has 0 saturated heterocycles. The lowest BCUT2D eigenvalue weighted by molar-refractivity contribution is -0.113. The molecule has 0 radical (unpaired) electrons. The van der Waals surface area contributed by atoms with Crippen molar-refractivity contribution in [3.05, 3.63) is 46.8 Å². The summed E-state index contributed by atoms with van der Waals surface area (Å²) in [5.74, 6) is -0.280. The number of amides is 1. The van der Waals surface area contributed by atoms with Gasteiger partial charge >= 0.3 is 0 Å². The van der Waals surface area contributed by atoms with Crippen LogP contribution in [0.15, 0.2) is 41.0 Å². The number of halogens is 1. The van der Waals surface area contributed by atoms with Crippen LogP contribution in [0.1, 0.15) is 5.01 Å². The third-order valence-electron chi connectivity index (χ3n) is 3.60. The summed E-state index contributed by atoms with van der Waals surface area (Å²) in [5.41, 5.74) is 1.81. The maximum absolute atomic E-state index is 13.2. The van der Waals surface area contributed by atoms with Gasteiger partial charge in [-0.2, -0.15) is 0 Å². The second kappa shape index (κ2) is 7.67. The highest BCUT2D eigenvalue weighted by Crippen LogP contribution is 2.37. The summed E-state index contributed by atoms with van der Waals surface area (Å²) in [6, 6.07) is 6.30. The van der Waals surface area contributed by atoms with E-state index in [0.29, 0.717) is 10.2 Å². The van der Waals surface area contributed by atoms with Gasteiger partial charge in [-0.15, -0.1) is 21.5 Å². The van der Waals surface area contributed by atoms with Crippen molar-refractivity contribution in [2.75, 3.05) is 11.1 Å². The molecule has 4 aromatic rings. The predicted octanol–water partition coefficient (Wildman–Crippen LogP) is 4.39. The Hall–Kier alpha value is -2.43. The summed E-state index contributed by atoms with van der Waals surface area (Å²) in [5, 5.41) is 15.3. The number of rotatable bonds is 5. The first-order valence-electron chi connectivity index (χ1n) is 7.81. The molecule has 136 valence electrons. The minimum atomic E-state index is -0.285. The van der Waals surface area contributed by atoms with Gasteiger partial charge in [-0.25, -0.2) is 14.4 Å². The Bertz CT molecular complexity index is 1110. The molecule has 10 heteroatoms. The van der Waals surface area contributed by atoms with Crippen LogP contribution in [-0.2, 0) is 4.79 Å². The number of thiophene rings is 1. The summed E-state index contributed by atoms with van der Waals surface area (Å²) >= 11 is 4.14. The number of hydrogen-bond donors (Lipinski definition) is 1. The van der Waals surface area contributed by atoms with E-state index in [1.165, 1.54) is 52.9 Å². The van der Waals surface area contributed by atoms with E-state index in [1.807, 2.05) is 12.3 Å². The SMILES string of the molecule is Cc1nnc(NC(=O)CSc2ncnc3scc(-c4ccc(F)cc4)c23)s1. The van der Waals surface area contributed by atoms with E-state index in [2.05, 4.69) is 25.5 Å². The van der Waals surface area contributed by atoms with Gasteiger partial charge in [-0.1, -0.05) is 35.2 Å². The zero-order chi connectivity index (χ0) is 18.8. The fourth-order valence-corrected chi connectivity index (χ4v) is 4.84. The predicted molar refractivity (Wildman–Crippen MR) is 107 cm³/mol. The lowest BCUT2D eigenvalue weighted by Gasteiger charge is -2.05. The monoisotopic (exact) mass is 417 g/mol. The van der Waals surface area contributed by atoms with Crippen LogP contribution in [0.25, 0.3) is 21.3 Å². The number of fused-ring (bicyclic) bond motifs is 1. The molecule has 3 heterocycles. The van der Waals surface area contributed by atoms with Crippen molar-refractivity contribution < 1.29 is 9.18 Å². The topological polar surface area (TPSA) is 80.7 Å². The summed E-state index contributed by atoms with van der Waals surface area (Å²) in [6.07, 6.45) is 1.49. The zero-order valence-electron chi connectivity index (χ0n) is 14.0. The van der Waals surface area contributed by atoms with E-state index in [9.17, 15) is 9.18 Å². The van der Waals surface area contributed by atoms with Crippen LogP contribution in [0.2, 0.25) is 0 Å². The molecule has 1 aromatic carbocycles. The zero-order valence-corrected chi connectivity index (χ0v) is 16.4. The molecular weight excluding hydrogens is 405 g/mol. The largest absolute Gasteiger partial charge is 0.300 e. The maximum Gasteiger partial charge on any atom is 0.236 e. The van der Waals surface area contributed by atoms with E-state index >= 15 is 0 Å². The summed E-state index contributed by atoms with van der Waals surface area (Å²) in [4.78, 5) is 21.7. The molecule has 0 aliphatic rings. The summed E-state index contributed by atoms with van der Waals surface area (Å²) in [6.45, 7) is 1.83. The van der Waals surface area contributed by atoms with Gasteiger partial charge < -0.3 is 0 Å². The Labute approximate surface area is 165 Å². The molecule has 0 spiro atoms. The number of nitrogens with zero attached hydrogens (tertiary/aromatic N) is 4. The average Bonchev–Trinajstić information content (AvgIpc) is 3.27. The maximum atomic E-state index is 13.2. The second-order valence-corrected chi connectivity index (χ2v) is 8.48. The number of carbonyl (C=O) groups is 1. The van der Waals surface area contributed by atoms with Crippen molar-refractivity contribution in [3.8, 4) is 11.1 Å². The average molecular weight is 418 g/mol. The van der Waals surface area contributed by atoms with Crippen molar-refractivity contribution in [2.45, 2.75) is 11.9 Å². The van der Waals surface area contributed by atoms with Gasteiger partial charge in [0, 0.05) is 10.9 Å². The first-order valence-corrected chi connectivity index (χ1v) is 10.5. The molecular formula is C17H12FN5OS3. The Morgan fingerprint density at radius 1 is 1.22 bits per heavy atom. The quantitative estimate of drug-likeness (QED) is 0.383. The molecule has 1 N–H and O–H groups in total. The van der Waals surface area contributed by atoms with Gasteiger partial charge in [0.05, 0.1) is 11.1 Å². The third-order valence-corrected chi connectivity index (χ3v) is 6.23. The van der Waals surface area contributed by atoms with Crippen molar-refractivity contribution in [3.63, 3.8) is 0 Å². The highest BCUT2D eigenvalue weighted by Gasteiger charge is 2.15. The molecule has 6 nitrogen and oxygen atoms in total. The van der Waals surface area contributed by atoms with Gasteiger partial charge in [0.15, 0.2) is 0 Å². The fourth-order valence-electron chi connectivity index (χ4n) is 2.44. The van der Waals surface area contributed by atoms with Crippen LogP contribution < -0.4 is 5.32 Å². The van der Waals surface area contributed by atoms with Crippen molar-refractivity contribution in [1.29, 1.82) is 0 Å². The second-order valence-electron chi connectivity index (χ2n) is 5.48. The Balaban J connectivity index is 1.57. The Morgan fingerprint density at radius 2 is 2.04 bits per heavy atom. The van der Waals surface area contributed by atoms with Crippen molar-refractivity contribution >= 4 is 55.7 Å². The molecule has 4 rings (SSSR count). The van der Waals surface area contributed by atoms with Gasteiger partial charge in [0.1, 0.15) is 27.0 Å². The number of nitrogens with one attached hydrogen (secondary N) is 1. The van der Waals surface area contributed by atoms with Gasteiger partial charge in [0.25, 0.3) is 0 Å². The molecule has 0 fully saturated rings. The number of benzene rings is 1. The molecule has 3 aromatic heterocycles. The summed E-state index contributed by atoms with van der Waals surface area (Å²) in [7, 11) is 0. The normalized spacial score (nSPS) is 11.0. The van der Waals surface area contributed by atoms with Crippen LogP contribution in [0.5, 0.6) is 0 Å². The minimum Gasteiger partial charge on any atom is -0.300 e. The minimum absolute atomic E-state index is 0.179. The number of aromatic nitrogens is 4. The summed E-state index contributed by atoms with van der Waals surface area (Å²) < 4.78 is 13.2. The van der Waals surface area contributed by atoms with Crippen LogP contribution in [0, 0.1) is 12.7 Å². The van der Waals surface area contributed by atoms with Crippen LogP contribution in [0.3, 0.4) is 0 Å². The molecule has 0 bridgehead atoms. The smallest absolute Gasteiger partial charge is 0.236 e. The van der Waals surface area contributed by atoms with Crippen LogP contribution in [-0.4, -0.2) is 31.8 Å². The highest BCUT2D eigenvalue weighted by molar-refractivity contribution is 8.00. The first kappa shape index (κ1) is 18.0. The number of thioether (sulfide) groups is 1. The molecule has 0 aliphatic heterocycles. The highest BCUT2D eigenvalue weighted by atomic mass is 32.2. The van der Waals surface area contributed by atoms with Gasteiger partial charge in [-0.05, 0) is 24.6 Å². The van der Waals surface area contributed by atoms with E-state index in [-0.39, 0.29) is 17.5 Å².